The first kappa shape index (κ1) is 20.6. The topological polar surface area (TPSA) is 78.9 Å². The van der Waals surface area contributed by atoms with Crippen molar-refractivity contribution in [2.45, 2.75) is 57.7 Å². The smallest absolute Gasteiger partial charge is 0.221 e. The van der Waals surface area contributed by atoms with Gasteiger partial charge in [-0.1, -0.05) is 12.8 Å². The molecule has 1 atom stereocenters. The number of rotatable bonds is 8. The number of thiazole rings is 1. The third kappa shape index (κ3) is 6.25. The highest BCUT2D eigenvalue weighted by molar-refractivity contribution is 7.09. The lowest BCUT2D eigenvalue weighted by atomic mass is 10.2. The molecule has 1 saturated carbocycles. The van der Waals surface area contributed by atoms with Crippen LogP contribution in [0.4, 0.5) is 0 Å². The van der Waals surface area contributed by atoms with Gasteiger partial charge in [0, 0.05) is 45.6 Å². The van der Waals surface area contributed by atoms with Crippen molar-refractivity contribution in [2.75, 3.05) is 27.7 Å². The lowest BCUT2D eigenvalue weighted by molar-refractivity contribution is -0.121. The first-order valence-corrected chi connectivity index (χ1v) is 10.1. The molecule has 0 aromatic carbocycles. The predicted octanol–water partition coefficient (Wildman–Crippen LogP) is 2.31. The molecule has 0 radical (unpaired) electrons. The van der Waals surface area contributed by atoms with Crippen LogP contribution in [0.3, 0.4) is 0 Å². The van der Waals surface area contributed by atoms with Crippen molar-refractivity contribution in [3.63, 3.8) is 0 Å². The van der Waals surface area contributed by atoms with Crippen LogP contribution in [-0.2, 0) is 16.1 Å². The molecule has 1 aromatic heterocycles. The van der Waals surface area contributed by atoms with E-state index in [1.54, 1.807) is 25.5 Å². The highest BCUT2D eigenvalue weighted by Gasteiger charge is 2.17. The van der Waals surface area contributed by atoms with Crippen molar-refractivity contribution < 1.29 is 9.53 Å². The Morgan fingerprint density at radius 2 is 2.23 bits per heavy atom. The monoisotopic (exact) mass is 381 g/mol. The Morgan fingerprint density at radius 1 is 1.50 bits per heavy atom. The van der Waals surface area contributed by atoms with E-state index in [-0.39, 0.29) is 12.0 Å². The number of guanidine groups is 1. The van der Waals surface area contributed by atoms with Crippen LogP contribution in [0.25, 0.3) is 0 Å². The van der Waals surface area contributed by atoms with Gasteiger partial charge in [0.05, 0.1) is 12.2 Å². The van der Waals surface area contributed by atoms with Crippen LogP contribution in [0.2, 0.25) is 0 Å². The Bertz CT molecular complexity index is 598. The average Bonchev–Trinajstić information content (AvgIpc) is 3.30. The van der Waals surface area contributed by atoms with Gasteiger partial charge in [0.1, 0.15) is 11.1 Å². The quantitative estimate of drug-likeness (QED) is 0.534. The molecule has 1 aliphatic carbocycles. The maximum absolute atomic E-state index is 12.0. The molecule has 1 unspecified atom stereocenters. The SMILES string of the molecule is CN=C(NCCC(=O)NC1CCCC1)N(C)Cc1csc(C(C)OC)n1. The number of carbonyl (C=O) groups is 1. The number of aromatic nitrogens is 1. The van der Waals surface area contributed by atoms with E-state index in [2.05, 4.69) is 20.6 Å². The van der Waals surface area contributed by atoms with Crippen LogP contribution < -0.4 is 10.6 Å². The number of aliphatic imine (C=N–C) groups is 1. The summed E-state index contributed by atoms with van der Waals surface area (Å²) in [4.78, 5) is 22.9. The van der Waals surface area contributed by atoms with Crippen molar-refractivity contribution in [1.82, 2.24) is 20.5 Å². The second kappa shape index (κ2) is 10.5. The summed E-state index contributed by atoms with van der Waals surface area (Å²) in [6.45, 7) is 3.21. The Hall–Kier alpha value is -1.67. The third-order valence-electron chi connectivity index (χ3n) is 4.60. The van der Waals surface area contributed by atoms with E-state index in [0.29, 0.717) is 25.6 Å². The Morgan fingerprint density at radius 3 is 2.88 bits per heavy atom. The maximum atomic E-state index is 12.0. The average molecular weight is 382 g/mol. The van der Waals surface area contributed by atoms with Gasteiger partial charge in [0.2, 0.25) is 5.91 Å². The van der Waals surface area contributed by atoms with Gasteiger partial charge in [-0.05, 0) is 19.8 Å². The molecule has 0 saturated heterocycles. The molecule has 8 heteroatoms. The van der Waals surface area contributed by atoms with Gasteiger partial charge in [-0.15, -0.1) is 11.3 Å². The van der Waals surface area contributed by atoms with Gasteiger partial charge < -0.3 is 20.3 Å². The van der Waals surface area contributed by atoms with E-state index in [1.807, 2.05) is 24.3 Å². The van der Waals surface area contributed by atoms with Gasteiger partial charge in [-0.2, -0.15) is 0 Å². The highest BCUT2D eigenvalue weighted by atomic mass is 32.1. The summed E-state index contributed by atoms with van der Waals surface area (Å²) >= 11 is 1.60. The van der Waals surface area contributed by atoms with Gasteiger partial charge >= 0.3 is 0 Å². The van der Waals surface area contributed by atoms with Crippen LogP contribution in [0.5, 0.6) is 0 Å². The molecule has 0 bridgehead atoms. The number of nitrogens with one attached hydrogen (secondary N) is 2. The molecule has 1 fully saturated rings. The summed E-state index contributed by atoms with van der Waals surface area (Å²) in [5.41, 5.74) is 0.985. The van der Waals surface area contributed by atoms with Gasteiger partial charge in [0.25, 0.3) is 0 Å². The standard InChI is InChI=1S/C18H31N5O2S/c1-13(25-4)17-22-15(12-26-17)11-23(3)18(19-2)20-10-9-16(24)21-14-7-5-6-8-14/h12-14H,5-11H2,1-4H3,(H,19,20)(H,21,24). The third-order valence-corrected chi connectivity index (χ3v) is 5.65. The Balaban J connectivity index is 1.74. The van der Waals surface area contributed by atoms with Crippen LogP contribution in [0.1, 0.15) is 55.8 Å². The summed E-state index contributed by atoms with van der Waals surface area (Å²) < 4.78 is 5.31. The molecule has 1 heterocycles. The summed E-state index contributed by atoms with van der Waals surface area (Å²) in [6.07, 6.45) is 5.14. The molecule has 0 spiro atoms. The van der Waals surface area contributed by atoms with Gasteiger partial charge in [-0.25, -0.2) is 4.98 Å². The second-order valence-electron chi connectivity index (χ2n) is 6.68. The van der Waals surface area contributed by atoms with Gasteiger partial charge in [0.15, 0.2) is 5.96 Å². The van der Waals surface area contributed by atoms with Crippen molar-refractivity contribution in [3.8, 4) is 0 Å². The minimum Gasteiger partial charge on any atom is -0.375 e. The largest absolute Gasteiger partial charge is 0.375 e. The normalized spacial score (nSPS) is 16.5. The zero-order valence-corrected chi connectivity index (χ0v) is 17.1. The summed E-state index contributed by atoms with van der Waals surface area (Å²) in [5, 5.41) is 9.38. The van der Waals surface area contributed by atoms with E-state index < -0.39 is 0 Å². The summed E-state index contributed by atoms with van der Waals surface area (Å²) in [7, 11) is 5.40. The van der Waals surface area contributed by atoms with Gasteiger partial charge in [-0.3, -0.25) is 9.79 Å². The van der Waals surface area contributed by atoms with E-state index >= 15 is 0 Å². The van der Waals surface area contributed by atoms with E-state index in [0.717, 1.165) is 29.5 Å². The second-order valence-corrected chi connectivity index (χ2v) is 7.57. The van der Waals surface area contributed by atoms with E-state index in [1.165, 1.54) is 12.8 Å². The number of amides is 1. The zero-order chi connectivity index (χ0) is 18.9. The Labute approximate surface area is 160 Å². The molecule has 2 rings (SSSR count). The predicted molar refractivity (Wildman–Crippen MR) is 105 cm³/mol. The minimum absolute atomic E-state index is 0.00914. The lowest BCUT2D eigenvalue weighted by Crippen LogP contribution is -2.41. The molecule has 1 aliphatic rings. The van der Waals surface area contributed by atoms with Crippen molar-refractivity contribution in [3.05, 3.63) is 16.1 Å². The fraction of sp³-hybridized carbons (Fsp3) is 0.722. The van der Waals surface area contributed by atoms with Crippen molar-refractivity contribution >= 4 is 23.2 Å². The molecular weight excluding hydrogens is 350 g/mol. The molecule has 146 valence electrons. The fourth-order valence-corrected chi connectivity index (χ4v) is 3.89. The van der Waals surface area contributed by atoms with Crippen molar-refractivity contribution in [1.29, 1.82) is 0 Å². The number of hydrogen-bond donors (Lipinski definition) is 2. The van der Waals surface area contributed by atoms with Crippen LogP contribution in [0, 0.1) is 0 Å². The van der Waals surface area contributed by atoms with Crippen molar-refractivity contribution in [2.24, 2.45) is 4.99 Å². The zero-order valence-electron chi connectivity index (χ0n) is 16.2. The molecule has 26 heavy (non-hydrogen) atoms. The number of methoxy groups -OCH3 is 1. The van der Waals surface area contributed by atoms with E-state index in [4.69, 9.17) is 4.74 Å². The van der Waals surface area contributed by atoms with Crippen LogP contribution in [0.15, 0.2) is 10.4 Å². The highest BCUT2D eigenvalue weighted by Crippen LogP contribution is 2.21. The molecule has 7 nitrogen and oxygen atoms in total. The Kier molecular flexibility index (Phi) is 8.31. The number of ether oxygens (including phenoxy) is 1. The first-order valence-electron chi connectivity index (χ1n) is 9.21. The molecule has 2 N–H and O–H groups in total. The molecule has 1 aromatic rings. The van der Waals surface area contributed by atoms with E-state index in [9.17, 15) is 4.79 Å². The number of nitrogens with zero attached hydrogens (tertiary/aromatic N) is 3. The van der Waals surface area contributed by atoms with Crippen LogP contribution >= 0.6 is 11.3 Å². The lowest BCUT2D eigenvalue weighted by Gasteiger charge is -2.21. The molecule has 0 aliphatic heterocycles. The summed E-state index contributed by atoms with van der Waals surface area (Å²) in [5.74, 6) is 0.869. The minimum atomic E-state index is 0.00914. The first-order chi connectivity index (χ1) is 12.5. The molecule has 1 amide bonds. The van der Waals surface area contributed by atoms with Crippen LogP contribution in [-0.4, -0.2) is 55.5 Å². The summed E-state index contributed by atoms with van der Waals surface area (Å²) in [6, 6.07) is 0.373. The molecular formula is C18H31N5O2S. The maximum Gasteiger partial charge on any atom is 0.221 e. The fourth-order valence-electron chi connectivity index (χ4n) is 3.04. The number of hydrogen-bond acceptors (Lipinski definition) is 5. The number of carbonyl (C=O) groups excluding carboxylic acids is 1.